The monoisotopic (exact) mass is 634 g/mol. The summed E-state index contributed by atoms with van der Waals surface area (Å²) in [5.74, 6) is 0. The summed E-state index contributed by atoms with van der Waals surface area (Å²) < 4.78 is 26.2. The number of benzene rings is 4. The van der Waals surface area contributed by atoms with E-state index in [4.69, 9.17) is 0 Å². The average molecular weight is 636 g/mol. The first-order chi connectivity index (χ1) is 20.4. The van der Waals surface area contributed by atoms with Crippen LogP contribution in [0.2, 0.25) is 0 Å². The quantitative estimate of drug-likeness (QED) is 0.345. The van der Waals surface area contributed by atoms with Gasteiger partial charge in [-0.3, -0.25) is 4.99 Å². The molecule has 0 fully saturated rings. The number of sulfone groups is 1. The second-order valence-corrected chi connectivity index (χ2v) is 13.5. The van der Waals surface area contributed by atoms with Crippen LogP contribution in [-0.2, 0) is 22.7 Å². The van der Waals surface area contributed by atoms with E-state index in [1.165, 1.54) is 10.8 Å². The Balaban J connectivity index is 0.000000157. The van der Waals surface area contributed by atoms with Crippen molar-refractivity contribution < 1.29 is 8.42 Å². The summed E-state index contributed by atoms with van der Waals surface area (Å²) in [6.45, 7) is 3.53. The Hall–Kier alpha value is -4.00. The van der Waals surface area contributed by atoms with Crippen molar-refractivity contribution in [1.82, 2.24) is 5.32 Å². The minimum absolute atomic E-state index is 0.480. The minimum atomic E-state index is -3.33. The van der Waals surface area contributed by atoms with Crippen LogP contribution in [0.15, 0.2) is 118 Å². The summed E-state index contributed by atoms with van der Waals surface area (Å²) in [5.41, 5.74) is 4.51. The molecule has 4 aromatic rings. The number of nitrogens with one attached hydrogen (secondary N) is 1. The summed E-state index contributed by atoms with van der Waals surface area (Å²) in [5, 5.41) is 10.6. The Bertz CT molecular complexity index is 2170. The number of nitrogens with zero attached hydrogens (tertiary/aromatic N) is 1. The SMILES string of the molecule is C1=C(Cc2ccccc2)NC=c2ccccc2=N1.C=CS(=O)(=O)[C@@H]1CCC=c2ccc3c(c21)CC=c1c(Br)cccc1=3. The zero-order valence-electron chi connectivity index (χ0n) is 23.1. The fourth-order valence-corrected chi connectivity index (χ4v) is 7.70. The molecule has 1 atom stereocenters. The highest BCUT2D eigenvalue weighted by Crippen LogP contribution is 2.33. The molecule has 0 aromatic heterocycles. The van der Waals surface area contributed by atoms with Crippen molar-refractivity contribution in [2.24, 2.45) is 4.99 Å². The number of halogens is 1. The summed E-state index contributed by atoms with van der Waals surface area (Å²) in [7, 11) is -3.33. The zero-order chi connectivity index (χ0) is 29.1. The average Bonchev–Trinajstić information content (AvgIpc) is 3.23. The van der Waals surface area contributed by atoms with E-state index in [-0.39, 0.29) is 0 Å². The van der Waals surface area contributed by atoms with Gasteiger partial charge in [-0.2, -0.15) is 0 Å². The Labute approximate surface area is 254 Å². The van der Waals surface area contributed by atoms with Crippen molar-refractivity contribution in [2.75, 3.05) is 0 Å². The van der Waals surface area contributed by atoms with E-state index in [1.807, 2.05) is 48.8 Å². The van der Waals surface area contributed by atoms with Crippen LogP contribution in [0.25, 0.3) is 18.4 Å². The van der Waals surface area contributed by atoms with Gasteiger partial charge in [-0.25, -0.2) is 8.42 Å². The van der Waals surface area contributed by atoms with Crippen molar-refractivity contribution in [2.45, 2.75) is 30.9 Å². The summed E-state index contributed by atoms with van der Waals surface area (Å²) in [6.07, 6.45) is 11.3. The molecule has 3 aliphatic rings. The fourth-order valence-electron chi connectivity index (χ4n) is 5.87. The van der Waals surface area contributed by atoms with Crippen molar-refractivity contribution in [3.05, 3.63) is 161 Å². The molecule has 0 radical (unpaired) electrons. The molecule has 2 aliphatic carbocycles. The summed E-state index contributed by atoms with van der Waals surface area (Å²) in [6, 6.07) is 28.9. The number of fused-ring (bicyclic) bond motifs is 5. The standard InChI is InChI=1S/C20H17BrO2S.C16H14N2/c1-2-24(22,23)19-8-3-5-13-9-10-15-14-6-4-7-18(21)16(14)11-12-17(15)20(13)19;1-2-6-13(7-3-1)10-15-12-18-16-9-5-4-8-14(16)11-17-15/h2,4-7,9-11,19H,1,3,8,12H2;1-9,11-12,17H,10H2/t19-;/m1./s1. The van der Waals surface area contributed by atoms with Gasteiger partial charge in [0.15, 0.2) is 9.84 Å². The molecule has 4 aromatic carbocycles. The summed E-state index contributed by atoms with van der Waals surface area (Å²) >= 11 is 3.62. The van der Waals surface area contributed by atoms with Gasteiger partial charge in [-0.1, -0.05) is 107 Å². The van der Waals surface area contributed by atoms with Gasteiger partial charge in [0.1, 0.15) is 0 Å². The second kappa shape index (κ2) is 12.1. The third kappa shape index (κ3) is 5.69. The first-order valence-electron chi connectivity index (χ1n) is 14.0. The molecule has 1 aliphatic heterocycles. The van der Waals surface area contributed by atoms with Crippen LogP contribution < -0.4 is 26.3 Å². The van der Waals surface area contributed by atoms with E-state index in [9.17, 15) is 8.42 Å². The van der Waals surface area contributed by atoms with E-state index in [0.717, 1.165) is 72.2 Å². The largest absolute Gasteiger partial charge is 0.363 e. The highest BCUT2D eigenvalue weighted by atomic mass is 79.9. The molecule has 0 spiro atoms. The maximum Gasteiger partial charge on any atom is 0.178 e. The predicted octanol–water partition coefficient (Wildman–Crippen LogP) is 4.98. The van der Waals surface area contributed by atoms with Crippen molar-refractivity contribution >= 4 is 44.1 Å². The highest BCUT2D eigenvalue weighted by molar-refractivity contribution is 9.10. The van der Waals surface area contributed by atoms with Crippen LogP contribution in [0.3, 0.4) is 0 Å². The van der Waals surface area contributed by atoms with E-state index in [1.54, 1.807) is 0 Å². The van der Waals surface area contributed by atoms with Crippen LogP contribution >= 0.6 is 15.9 Å². The molecule has 1 N–H and O–H groups in total. The molecule has 0 saturated carbocycles. The molecule has 0 unspecified atom stereocenters. The molecule has 42 heavy (non-hydrogen) atoms. The van der Waals surface area contributed by atoms with Gasteiger partial charge in [-0.05, 0) is 69.0 Å². The Morgan fingerprint density at radius 3 is 2.55 bits per heavy atom. The topological polar surface area (TPSA) is 58.5 Å². The molecule has 1 heterocycles. The van der Waals surface area contributed by atoms with Crippen molar-refractivity contribution in [3.63, 3.8) is 0 Å². The first kappa shape index (κ1) is 28.1. The van der Waals surface area contributed by atoms with E-state index >= 15 is 0 Å². The molecule has 0 amide bonds. The predicted molar refractivity (Wildman–Crippen MR) is 174 cm³/mol. The van der Waals surface area contributed by atoms with Crippen LogP contribution in [0.5, 0.6) is 0 Å². The van der Waals surface area contributed by atoms with Gasteiger partial charge in [-0.15, -0.1) is 0 Å². The van der Waals surface area contributed by atoms with Gasteiger partial charge < -0.3 is 5.32 Å². The Morgan fingerprint density at radius 2 is 1.71 bits per heavy atom. The number of hydrogen-bond acceptors (Lipinski definition) is 4. The number of para-hydroxylation sites is 1. The molecular formula is C36H31BrN2O2S. The normalized spacial score (nSPS) is 16.2. The van der Waals surface area contributed by atoms with Crippen molar-refractivity contribution in [3.8, 4) is 0 Å². The molecule has 7 rings (SSSR count). The van der Waals surface area contributed by atoms with Crippen molar-refractivity contribution in [1.29, 1.82) is 0 Å². The van der Waals surface area contributed by atoms with Gasteiger partial charge in [0.2, 0.25) is 0 Å². The molecular weight excluding hydrogens is 604 g/mol. The van der Waals surface area contributed by atoms with E-state index in [2.05, 4.69) is 93.5 Å². The summed E-state index contributed by atoms with van der Waals surface area (Å²) in [4.78, 5) is 4.51. The Morgan fingerprint density at radius 1 is 0.905 bits per heavy atom. The maximum absolute atomic E-state index is 12.6. The van der Waals surface area contributed by atoms with Crippen LogP contribution in [0, 0.1) is 10.4 Å². The number of allylic oxidation sites excluding steroid dienone is 1. The van der Waals surface area contributed by atoms with Crippen LogP contribution in [-0.4, -0.2) is 8.42 Å². The van der Waals surface area contributed by atoms with Gasteiger partial charge >= 0.3 is 0 Å². The first-order valence-corrected chi connectivity index (χ1v) is 16.4. The van der Waals surface area contributed by atoms with Gasteiger partial charge in [0.25, 0.3) is 0 Å². The molecule has 4 nitrogen and oxygen atoms in total. The molecule has 0 saturated heterocycles. The highest BCUT2D eigenvalue weighted by Gasteiger charge is 2.29. The van der Waals surface area contributed by atoms with E-state index in [0.29, 0.717) is 6.42 Å². The molecule has 210 valence electrons. The smallest absolute Gasteiger partial charge is 0.178 e. The minimum Gasteiger partial charge on any atom is -0.363 e. The zero-order valence-corrected chi connectivity index (χ0v) is 25.5. The lowest BCUT2D eigenvalue weighted by atomic mass is 9.88. The number of rotatable bonds is 4. The third-order valence-corrected chi connectivity index (χ3v) is 10.4. The van der Waals surface area contributed by atoms with E-state index < -0.39 is 15.1 Å². The molecule has 0 bridgehead atoms. The van der Waals surface area contributed by atoms with Crippen LogP contribution in [0.4, 0.5) is 0 Å². The van der Waals surface area contributed by atoms with Crippen LogP contribution in [0.1, 0.15) is 34.8 Å². The lowest BCUT2D eigenvalue weighted by Crippen LogP contribution is -2.26. The van der Waals surface area contributed by atoms with Gasteiger partial charge in [0.05, 0.1) is 10.6 Å². The third-order valence-electron chi connectivity index (χ3n) is 7.93. The maximum atomic E-state index is 12.6. The second-order valence-electron chi connectivity index (χ2n) is 10.5. The van der Waals surface area contributed by atoms with Gasteiger partial charge in [0, 0.05) is 39.6 Å². The fraction of sp³-hybridized carbons (Fsp3) is 0.139. The number of hydrogen-bond donors (Lipinski definition) is 1. The Kier molecular flexibility index (Phi) is 8.09. The molecule has 6 heteroatoms. The lowest BCUT2D eigenvalue weighted by molar-refractivity contribution is 0.583. The lowest BCUT2D eigenvalue weighted by Gasteiger charge is -2.24.